The minimum absolute atomic E-state index is 0.162. The van der Waals surface area contributed by atoms with Crippen molar-refractivity contribution in [2.45, 2.75) is 100 Å². The van der Waals surface area contributed by atoms with Gasteiger partial charge in [0.05, 0.1) is 25.2 Å². The molecule has 0 spiro atoms. The largest absolute Gasteiger partial charge is 0.493 e. The van der Waals surface area contributed by atoms with Crippen LogP contribution in [0.3, 0.4) is 0 Å². The molecule has 3 atom stereocenters. The van der Waals surface area contributed by atoms with Gasteiger partial charge in [0.25, 0.3) is 0 Å². The summed E-state index contributed by atoms with van der Waals surface area (Å²) < 4.78 is 33.6. The summed E-state index contributed by atoms with van der Waals surface area (Å²) >= 11 is 0. The highest BCUT2D eigenvalue weighted by atomic mass is 16.7. The van der Waals surface area contributed by atoms with E-state index < -0.39 is 47.9 Å². The van der Waals surface area contributed by atoms with Gasteiger partial charge in [-0.1, -0.05) is 65.0 Å². The van der Waals surface area contributed by atoms with Crippen molar-refractivity contribution in [3.63, 3.8) is 0 Å². The first kappa shape index (κ1) is 39.9. The summed E-state index contributed by atoms with van der Waals surface area (Å²) in [5, 5.41) is 0. The maximum atomic E-state index is 13.9. The standard InChI is InChI=1S/C36H52O10/c1-11-17-31(37)45-27(9)33(46-35(39)24(5)6)29(20-28-18-15-13-14-16-19-28)36(40)42-21-25(7)26(8)32(30(12-2)41-10)43-22-44-34(38)23(3)4/h12-13,15-16,18-19,21,23-24,27,29,33H,11,14,17,20,22H2,1-10H3/b25-21+,30-12+,32-26-/t27-,29+,33-/m0/s1. The van der Waals surface area contributed by atoms with E-state index in [2.05, 4.69) is 0 Å². The van der Waals surface area contributed by atoms with Crippen LogP contribution in [0.1, 0.15) is 88.0 Å². The Morgan fingerprint density at radius 2 is 1.59 bits per heavy atom. The van der Waals surface area contributed by atoms with E-state index in [4.69, 9.17) is 28.4 Å². The maximum absolute atomic E-state index is 13.9. The molecule has 256 valence electrons. The number of ether oxygens (including phenoxy) is 6. The fraction of sp³-hybridized carbons (Fsp3) is 0.556. The highest BCUT2D eigenvalue weighted by molar-refractivity contribution is 5.77. The SMILES string of the molecule is C\C=C(OC)/C(OCOC(=O)C(C)C)=C(C)/C(C)=C/OC(=O)[C@H](CC1=CC=CCC=C1)[C@@H](OC(=O)C(C)C)[C@H](C)OC(=O)CCC. The molecule has 0 unspecified atom stereocenters. The number of carbonyl (C=O) groups is 4. The summed E-state index contributed by atoms with van der Waals surface area (Å²) in [6.45, 7) is 15.2. The predicted molar refractivity (Wildman–Crippen MR) is 174 cm³/mol. The molecule has 0 N–H and O–H groups in total. The van der Waals surface area contributed by atoms with Crippen LogP contribution in [0.5, 0.6) is 0 Å². The molecule has 46 heavy (non-hydrogen) atoms. The smallest absolute Gasteiger partial charge is 0.318 e. The fourth-order valence-electron chi connectivity index (χ4n) is 4.18. The van der Waals surface area contributed by atoms with E-state index in [1.54, 1.807) is 61.5 Å². The Bertz CT molecular complexity index is 1230. The van der Waals surface area contributed by atoms with Crippen LogP contribution >= 0.6 is 0 Å². The lowest BCUT2D eigenvalue weighted by Crippen LogP contribution is -2.43. The molecule has 0 fully saturated rings. The Balaban J connectivity index is 3.50. The average Bonchev–Trinajstić information content (AvgIpc) is 3.29. The third-order valence-electron chi connectivity index (χ3n) is 7.03. The van der Waals surface area contributed by atoms with Crippen LogP contribution in [-0.2, 0) is 47.6 Å². The minimum Gasteiger partial charge on any atom is -0.493 e. The van der Waals surface area contributed by atoms with Gasteiger partial charge in [0.1, 0.15) is 12.0 Å². The van der Waals surface area contributed by atoms with Gasteiger partial charge in [-0.05, 0) is 64.2 Å². The first-order valence-electron chi connectivity index (χ1n) is 15.8. The van der Waals surface area contributed by atoms with Gasteiger partial charge in [0.2, 0.25) is 6.79 Å². The third kappa shape index (κ3) is 13.5. The van der Waals surface area contributed by atoms with E-state index >= 15 is 0 Å². The minimum atomic E-state index is -1.12. The second-order valence-corrected chi connectivity index (χ2v) is 11.5. The number of methoxy groups -OCH3 is 1. The van der Waals surface area contributed by atoms with Gasteiger partial charge in [0, 0.05) is 12.0 Å². The van der Waals surface area contributed by atoms with Gasteiger partial charge in [-0.3, -0.25) is 19.2 Å². The second-order valence-electron chi connectivity index (χ2n) is 11.5. The lowest BCUT2D eigenvalue weighted by atomic mass is 9.90. The van der Waals surface area contributed by atoms with Crippen LogP contribution in [0.15, 0.2) is 71.0 Å². The number of esters is 4. The molecule has 0 aliphatic heterocycles. The highest BCUT2D eigenvalue weighted by Gasteiger charge is 2.39. The van der Waals surface area contributed by atoms with Gasteiger partial charge in [0.15, 0.2) is 17.6 Å². The quantitative estimate of drug-likeness (QED) is 0.0498. The molecule has 0 aromatic rings. The monoisotopic (exact) mass is 644 g/mol. The number of hydrogen-bond donors (Lipinski definition) is 0. The summed E-state index contributed by atoms with van der Waals surface area (Å²) in [5.41, 5.74) is 1.89. The molecular formula is C36H52O10. The Labute approximate surface area is 274 Å². The fourth-order valence-corrected chi connectivity index (χ4v) is 4.18. The molecule has 1 aliphatic carbocycles. The molecule has 0 bridgehead atoms. The van der Waals surface area contributed by atoms with Gasteiger partial charge in [-0.15, -0.1) is 0 Å². The molecule has 0 aromatic carbocycles. The van der Waals surface area contributed by atoms with Gasteiger partial charge in [-0.2, -0.15) is 0 Å². The summed E-state index contributed by atoms with van der Waals surface area (Å²) in [6, 6.07) is 0. The summed E-state index contributed by atoms with van der Waals surface area (Å²) in [4.78, 5) is 51.0. The number of rotatable bonds is 18. The zero-order valence-electron chi connectivity index (χ0n) is 29.0. The van der Waals surface area contributed by atoms with Crippen LogP contribution < -0.4 is 0 Å². The van der Waals surface area contributed by atoms with Crippen LogP contribution in [0.2, 0.25) is 0 Å². The van der Waals surface area contributed by atoms with E-state index in [0.717, 1.165) is 12.0 Å². The molecule has 0 saturated heterocycles. The van der Waals surface area contributed by atoms with E-state index in [-0.39, 0.29) is 25.6 Å². The predicted octanol–water partition coefficient (Wildman–Crippen LogP) is 7.18. The third-order valence-corrected chi connectivity index (χ3v) is 7.03. The highest BCUT2D eigenvalue weighted by Crippen LogP contribution is 2.28. The molecule has 10 heteroatoms. The Hall–Kier alpha value is -4.08. The molecule has 0 amide bonds. The second kappa shape index (κ2) is 20.9. The summed E-state index contributed by atoms with van der Waals surface area (Å²) in [7, 11) is 1.48. The zero-order chi connectivity index (χ0) is 34.8. The van der Waals surface area contributed by atoms with Crippen LogP contribution in [0.25, 0.3) is 0 Å². The zero-order valence-corrected chi connectivity index (χ0v) is 29.0. The van der Waals surface area contributed by atoms with Crippen molar-refractivity contribution in [1.29, 1.82) is 0 Å². The van der Waals surface area contributed by atoms with Crippen LogP contribution in [-0.4, -0.2) is 50.0 Å². The Morgan fingerprint density at radius 3 is 2.17 bits per heavy atom. The molecule has 0 radical (unpaired) electrons. The van der Waals surface area contributed by atoms with E-state index in [0.29, 0.717) is 29.1 Å². The van der Waals surface area contributed by atoms with Gasteiger partial charge < -0.3 is 28.4 Å². The first-order chi connectivity index (χ1) is 21.8. The summed E-state index contributed by atoms with van der Waals surface area (Å²) in [5.74, 6) is -3.22. The van der Waals surface area contributed by atoms with Crippen molar-refractivity contribution in [3.05, 3.63) is 71.0 Å². The van der Waals surface area contributed by atoms with E-state index in [1.807, 2.05) is 37.3 Å². The van der Waals surface area contributed by atoms with E-state index in [1.165, 1.54) is 13.4 Å². The van der Waals surface area contributed by atoms with E-state index in [9.17, 15) is 19.2 Å². The van der Waals surface area contributed by atoms with Crippen molar-refractivity contribution < 1.29 is 47.6 Å². The normalized spacial score (nSPS) is 16.0. The van der Waals surface area contributed by atoms with Crippen molar-refractivity contribution in [2.24, 2.45) is 17.8 Å². The van der Waals surface area contributed by atoms with Crippen molar-refractivity contribution in [2.75, 3.05) is 13.9 Å². The Morgan fingerprint density at radius 1 is 0.913 bits per heavy atom. The Kier molecular flexibility index (Phi) is 18.1. The first-order valence-corrected chi connectivity index (χ1v) is 15.8. The molecular weight excluding hydrogens is 592 g/mol. The van der Waals surface area contributed by atoms with Gasteiger partial charge in [-0.25, -0.2) is 0 Å². The maximum Gasteiger partial charge on any atom is 0.318 e. The van der Waals surface area contributed by atoms with Crippen molar-refractivity contribution in [3.8, 4) is 0 Å². The number of allylic oxidation sites excluding steroid dienone is 9. The molecule has 1 rings (SSSR count). The lowest BCUT2D eigenvalue weighted by Gasteiger charge is -2.30. The molecule has 0 aromatic heterocycles. The molecule has 1 aliphatic rings. The average molecular weight is 645 g/mol. The van der Waals surface area contributed by atoms with Crippen LogP contribution in [0.4, 0.5) is 0 Å². The molecule has 0 saturated carbocycles. The lowest BCUT2D eigenvalue weighted by molar-refractivity contribution is -0.178. The molecule has 0 heterocycles. The number of carbonyl (C=O) groups excluding carboxylic acids is 4. The van der Waals surface area contributed by atoms with Crippen molar-refractivity contribution in [1.82, 2.24) is 0 Å². The van der Waals surface area contributed by atoms with Crippen molar-refractivity contribution >= 4 is 23.9 Å². The number of hydrogen-bond acceptors (Lipinski definition) is 10. The molecule has 10 nitrogen and oxygen atoms in total. The summed E-state index contributed by atoms with van der Waals surface area (Å²) in [6.07, 6.45) is 12.2. The van der Waals surface area contributed by atoms with Gasteiger partial charge >= 0.3 is 23.9 Å². The topological polar surface area (TPSA) is 124 Å². The van der Waals surface area contributed by atoms with Crippen LogP contribution in [0, 0.1) is 17.8 Å².